The van der Waals surface area contributed by atoms with Crippen LogP contribution < -0.4 is 10.6 Å². The Morgan fingerprint density at radius 3 is 1.95 bits per heavy atom. The van der Waals surface area contributed by atoms with E-state index in [1.807, 2.05) is 0 Å². The molecule has 0 radical (unpaired) electrons. The predicted molar refractivity (Wildman–Crippen MR) is 79.7 cm³/mol. The molecule has 9 heteroatoms. The van der Waals surface area contributed by atoms with Gasteiger partial charge in [-0.2, -0.15) is 0 Å². The number of nitrogen functional groups attached to an aromatic ring is 1. The van der Waals surface area contributed by atoms with Crippen LogP contribution in [-0.2, 0) is 9.59 Å². The summed E-state index contributed by atoms with van der Waals surface area (Å²) >= 11 is 11.3. The molecule has 0 fully saturated rings. The van der Waals surface area contributed by atoms with Crippen molar-refractivity contribution in [2.24, 2.45) is 0 Å². The van der Waals surface area contributed by atoms with Gasteiger partial charge in [0.1, 0.15) is 5.82 Å². The Hall–Kier alpha value is -1.73. The summed E-state index contributed by atoms with van der Waals surface area (Å²) in [6, 6.07) is 4.60. The van der Waals surface area contributed by atoms with E-state index in [1.54, 1.807) is 17.0 Å². The van der Waals surface area contributed by atoms with Crippen molar-refractivity contribution in [3.05, 3.63) is 24.0 Å². The molecule has 0 amide bonds. The van der Waals surface area contributed by atoms with Crippen LogP contribution in [0.15, 0.2) is 18.2 Å². The van der Waals surface area contributed by atoms with Crippen molar-refractivity contribution in [3.63, 3.8) is 0 Å². The van der Waals surface area contributed by atoms with Crippen molar-refractivity contribution in [2.75, 3.05) is 35.5 Å². The number of nitrogens with zero attached hydrogens (tertiary/aromatic N) is 1. The standard InChI is InChI=1S/C10H13Cl2FN2.C2H2O4/c11-3-5-15(6-4-12)10-2-1-8(14)7-9(10)13;3-1(4)2(5)6/h1-2,7H,3-6,14H2;(H,3,4)(H,5,6). The molecule has 0 bridgehead atoms. The maximum atomic E-state index is 13.5. The first kappa shape index (κ1) is 19.3. The molecule has 21 heavy (non-hydrogen) atoms. The minimum Gasteiger partial charge on any atom is -0.473 e. The van der Waals surface area contributed by atoms with E-state index in [0.717, 1.165) is 0 Å². The number of rotatable bonds is 5. The van der Waals surface area contributed by atoms with E-state index in [9.17, 15) is 4.39 Å². The molecule has 1 aromatic carbocycles. The summed E-state index contributed by atoms with van der Waals surface area (Å²) in [6.07, 6.45) is 0. The summed E-state index contributed by atoms with van der Waals surface area (Å²) in [5, 5.41) is 14.8. The first-order valence-corrected chi connectivity index (χ1v) is 6.78. The lowest BCUT2D eigenvalue weighted by Crippen LogP contribution is -2.28. The number of anilines is 2. The topological polar surface area (TPSA) is 104 Å². The number of hydrogen-bond donors (Lipinski definition) is 3. The summed E-state index contributed by atoms with van der Waals surface area (Å²) in [4.78, 5) is 20.0. The number of benzene rings is 1. The molecule has 6 nitrogen and oxygen atoms in total. The fourth-order valence-electron chi connectivity index (χ4n) is 1.34. The van der Waals surface area contributed by atoms with Crippen molar-refractivity contribution < 1.29 is 24.2 Å². The summed E-state index contributed by atoms with van der Waals surface area (Å²) in [5.41, 5.74) is 6.37. The first-order chi connectivity index (χ1) is 9.83. The fourth-order valence-corrected chi connectivity index (χ4v) is 1.74. The van der Waals surface area contributed by atoms with Gasteiger partial charge in [-0.15, -0.1) is 23.2 Å². The second-order valence-electron chi connectivity index (χ2n) is 3.69. The number of carbonyl (C=O) groups is 2. The van der Waals surface area contributed by atoms with Gasteiger partial charge in [-0.25, -0.2) is 14.0 Å². The molecule has 118 valence electrons. The lowest BCUT2D eigenvalue weighted by molar-refractivity contribution is -0.159. The SMILES string of the molecule is Nc1ccc(N(CCCl)CCCl)c(F)c1.O=C(O)C(=O)O. The predicted octanol–water partition coefficient (Wildman–Crippen LogP) is 1.85. The molecule has 0 spiro atoms. The van der Waals surface area contributed by atoms with Gasteiger partial charge in [0.25, 0.3) is 0 Å². The fraction of sp³-hybridized carbons (Fsp3) is 0.333. The maximum Gasteiger partial charge on any atom is 0.414 e. The van der Waals surface area contributed by atoms with Crippen molar-refractivity contribution in [1.29, 1.82) is 0 Å². The number of halogens is 3. The van der Waals surface area contributed by atoms with Crippen molar-refractivity contribution in [1.82, 2.24) is 0 Å². The number of carboxylic acids is 2. The second-order valence-corrected chi connectivity index (χ2v) is 4.44. The number of hydrogen-bond acceptors (Lipinski definition) is 4. The van der Waals surface area contributed by atoms with E-state index in [0.29, 0.717) is 36.2 Å². The Morgan fingerprint density at radius 1 is 1.14 bits per heavy atom. The molecule has 0 aliphatic rings. The zero-order valence-corrected chi connectivity index (χ0v) is 12.4. The van der Waals surface area contributed by atoms with E-state index in [-0.39, 0.29) is 5.82 Å². The van der Waals surface area contributed by atoms with Crippen LogP contribution in [0.25, 0.3) is 0 Å². The maximum absolute atomic E-state index is 13.5. The zero-order chi connectivity index (χ0) is 16.4. The molecule has 0 atom stereocenters. The van der Waals surface area contributed by atoms with Crippen LogP contribution in [0.3, 0.4) is 0 Å². The number of aliphatic carboxylic acids is 2. The smallest absolute Gasteiger partial charge is 0.414 e. The summed E-state index contributed by atoms with van der Waals surface area (Å²) in [5.74, 6) is -3.13. The van der Waals surface area contributed by atoms with Gasteiger partial charge in [0.05, 0.1) is 5.69 Å². The molecule has 0 saturated carbocycles. The third kappa shape index (κ3) is 7.57. The largest absolute Gasteiger partial charge is 0.473 e. The van der Waals surface area contributed by atoms with E-state index in [1.165, 1.54) is 6.07 Å². The number of nitrogens with two attached hydrogens (primary N) is 1. The molecular weight excluding hydrogens is 326 g/mol. The molecule has 0 unspecified atom stereocenters. The molecule has 0 aliphatic carbocycles. The lowest BCUT2D eigenvalue weighted by atomic mass is 10.2. The van der Waals surface area contributed by atoms with Crippen LogP contribution in [0.2, 0.25) is 0 Å². The third-order valence-electron chi connectivity index (χ3n) is 2.20. The molecule has 0 aliphatic heterocycles. The Bertz CT molecular complexity index is 470. The Labute approximate surface area is 130 Å². The van der Waals surface area contributed by atoms with Gasteiger partial charge < -0.3 is 20.8 Å². The van der Waals surface area contributed by atoms with Crippen molar-refractivity contribution in [2.45, 2.75) is 0 Å². The highest BCUT2D eigenvalue weighted by Gasteiger charge is 2.10. The van der Waals surface area contributed by atoms with Crippen LogP contribution >= 0.6 is 23.2 Å². The average Bonchev–Trinajstić information content (AvgIpc) is 2.39. The van der Waals surface area contributed by atoms with Gasteiger partial charge in [0.2, 0.25) is 0 Å². The van der Waals surface area contributed by atoms with E-state index >= 15 is 0 Å². The normalized spacial score (nSPS) is 9.48. The molecule has 1 aromatic rings. The molecule has 0 heterocycles. The van der Waals surface area contributed by atoms with Crippen LogP contribution in [0.4, 0.5) is 15.8 Å². The van der Waals surface area contributed by atoms with Gasteiger partial charge in [-0.3, -0.25) is 0 Å². The highest BCUT2D eigenvalue weighted by Crippen LogP contribution is 2.21. The number of carboxylic acid groups (broad SMARTS) is 2. The second kappa shape index (κ2) is 10.1. The Kier molecular flexibility index (Phi) is 9.23. The summed E-state index contributed by atoms with van der Waals surface area (Å²) < 4.78 is 13.5. The van der Waals surface area contributed by atoms with Gasteiger partial charge >= 0.3 is 11.9 Å². The highest BCUT2D eigenvalue weighted by atomic mass is 35.5. The van der Waals surface area contributed by atoms with Crippen LogP contribution in [-0.4, -0.2) is 47.0 Å². The molecule has 1 rings (SSSR count). The lowest BCUT2D eigenvalue weighted by Gasteiger charge is -2.23. The Morgan fingerprint density at radius 2 is 1.62 bits per heavy atom. The average molecular weight is 341 g/mol. The van der Waals surface area contributed by atoms with Gasteiger partial charge in [-0.05, 0) is 18.2 Å². The zero-order valence-electron chi connectivity index (χ0n) is 10.9. The molecule has 0 aromatic heterocycles. The van der Waals surface area contributed by atoms with Gasteiger partial charge in [-0.1, -0.05) is 0 Å². The van der Waals surface area contributed by atoms with Gasteiger partial charge in [0, 0.05) is 30.5 Å². The third-order valence-corrected chi connectivity index (χ3v) is 2.54. The van der Waals surface area contributed by atoms with Gasteiger partial charge in [0.15, 0.2) is 0 Å². The minimum absolute atomic E-state index is 0.342. The summed E-state index contributed by atoms with van der Waals surface area (Å²) in [7, 11) is 0. The Balaban J connectivity index is 0.000000567. The molecule has 0 saturated heterocycles. The minimum atomic E-state index is -1.82. The number of alkyl halides is 2. The van der Waals surface area contributed by atoms with Crippen molar-refractivity contribution >= 4 is 46.5 Å². The van der Waals surface area contributed by atoms with E-state index in [4.69, 9.17) is 48.7 Å². The molecular formula is C12H15Cl2FN2O4. The highest BCUT2D eigenvalue weighted by molar-refractivity contribution is 6.27. The molecule has 4 N–H and O–H groups in total. The van der Waals surface area contributed by atoms with E-state index in [2.05, 4.69) is 0 Å². The first-order valence-electron chi connectivity index (χ1n) is 5.71. The summed E-state index contributed by atoms with van der Waals surface area (Å²) in [6.45, 7) is 1.13. The van der Waals surface area contributed by atoms with Crippen molar-refractivity contribution in [3.8, 4) is 0 Å². The van der Waals surface area contributed by atoms with Crippen LogP contribution in [0.1, 0.15) is 0 Å². The van der Waals surface area contributed by atoms with Crippen LogP contribution in [0, 0.1) is 5.82 Å². The monoisotopic (exact) mass is 340 g/mol. The van der Waals surface area contributed by atoms with Crippen LogP contribution in [0.5, 0.6) is 0 Å². The quantitative estimate of drug-likeness (QED) is 0.429. The van der Waals surface area contributed by atoms with E-state index < -0.39 is 11.9 Å².